The van der Waals surface area contributed by atoms with Crippen molar-refractivity contribution < 1.29 is 9.15 Å². The Morgan fingerprint density at radius 3 is 2.75 bits per heavy atom. The van der Waals surface area contributed by atoms with Gasteiger partial charge in [0.15, 0.2) is 0 Å². The third kappa shape index (κ3) is 3.61. The van der Waals surface area contributed by atoms with Crippen molar-refractivity contribution in [3.63, 3.8) is 0 Å². The lowest BCUT2D eigenvalue weighted by atomic mass is 10.2. The van der Waals surface area contributed by atoms with Gasteiger partial charge >= 0.3 is 0 Å². The van der Waals surface area contributed by atoms with Gasteiger partial charge in [0, 0.05) is 18.5 Å². The van der Waals surface area contributed by atoms with Gasteiger partial charge in [-0.15, -0.1) is 0 Å². The Morgan fingerprint density at radius 2 is 1.92 bits per heavy atom. The Labute approximate surface area is 145 Å². The zero-order chi connectivity index (χ0) is 16.2. The molecule has 0 atom stereocenters. The second-order valence-electron chi connectivity index (χ2n) is 5.72. The van der Waals surface area contributed by atoms with Crippen molar-refractivity contribution in [1.29, 1.82) is 0 Å². The topological polar surface area (TPSA) is 51.4 Å². The third-order valence-corrected chi connectivity index (χ3v) is 5.03. The summed E-state index contributed by atoms with van der Waals surface area (Å²) in [6, 6.07) is 12.1. The monoisotopic (exact) mass is 341 g/mol. The van der Waals surface area contributed by atoms with Gasteiger partial charge in [-0.3, -0.25) is 4.90 Å². The van der Waals surface area contributed by atoms with Crippen LogP contribution >= 0.6 is 11.8 Å². The van der Waals surface area contributed by atoms with Crippen molar-refractivity contribution in [2.24, 2.45) is 0 Å². The normalized spacial score (nSPS) is 15.8. The summed E-state index contributed by atoms with van der Waals surface area (Å²) in [5, 5.41) is 2.11. The van der Waals surface area contributed by atoms with Gasteiger partial charge in [-0.25, -0.2) is 9.97 Å². The second-order valence-corrected chi connectivity index (χ2v) is 6.68. The van der Waals surface area contributed by atoms with Crippen molar-refractivity contribution in [3.8, 4) is 0 Å². The van der Waals surface area contributed by atoms with E-state index in [9.17, 15) is 0 Å². The first-order valence-corrected chi connectivity index (χ1v) is 9.08. The molecule has 0 unspecified atom stereocenters. The van der Waals surface area contributed by atoms with Crippen LogP contribution in [-0.4, -0.2) is 41.2 Å². The fourth-order valence-corrected chi connectivity index (χ4v) is 3.71. The predicted molar refractivity (Wildman–Crippen MR) is 93.9 cm³/mol. The fourth-order valence-electron chi connectivity index (χ4n) is 2.77. The zero-order valence-electron chi connectivity index (χ0n) is 13.4. The lowest BCUT2D eigenvalue weighted by Crippen LogP contribution is -2.36. The number of hydrogen-bond donors (Lipinski definition) is 0. The van der Waals surface area contributed by atoms with Gasteiger partial charge in [0.25, 0.3) is 0 Å². The van der Waals surface area contributed by atoms with E-state index in [-0.39, 0.29) is 0 Å². The Kier molecular flexibility index (Phi) is 4.78. The van der Waals surface area contributed by atoms with Crippen LogP contribution in [0.4, 0.5) is 0 Å². The van der Waals surface area contributed by atoms with Gasteiger partial charge in [-0.05, 0) is 18.2 Å². The van der Waals surface area contributed by atoms with Crippen LogP contribution in [0.2, 0.25) is 0 Å². The van der Waals surface area contributed by atoms with Crippen LogP contribution in [0, 0.1) is 0 Å². The number of fused-ring (bicyclic) bond motifs is 1. The van der Waals surface area contributed by atoms with E-state index in [0.717, 1.165) is 66.1 Å². The van der Waals surface area contributed by atoms with Crippen LogP contribution in [0.3, 0.4) is 0 Å². The molecule has 0 spiro atoms. The minimum atomic E-state index is 0.766. The number of para-hydroxylation sites is 1. The number of aromatic nitrogens is 2. The minimum absolute atomic E-state index is 0.766. The molecule has 1 aliphatic heterocycles. The van der Waals surface area contributed by atoms with E-state index in [0.29, 0.717) is 0 Å². The summed E-state index contributed by atoms with van der Waals surface area (Å²) in [6.07, 6.45) is 1.71. The molecule has 6 heteroatoms. The molecule has 3 aromatic rings. The zero-order valence-corrected chi connectivity index (χ0v) is 14.2. The second kappa shape index (κ2) is 7.34. The maximum absolute atomic E-state index is 5.43. The number of rotatable bonds is 5. The molecule has 3 heterocycles. The highest BCUT2D eigenvalue weighted by molar-refractivity contribution is 7.98. The molecule has 24 heavy (non-hydrogen) atoms. The molecule has 124 valence electrons. The summed E-state index contributed by atoms with van der Waals surface area (Å²) >= 11 is 1.70. The molecule has 0 bridgehead atoms. The van der Waals surface area contributed by atoms with E-state index in [4.69, 9.17) is 19.1 Å². The highest BCUT2D eigenvalue weighted by atomic mass is 32.2. The predicted octanol–water partition coefficient (Wildman–Crippen LogP) is 3.35. The summed E-state index contributed by atoms with van der Waals surface area (Å²) < 4.78 is 10.8. The molecular weight excluding hydrogens is 322 g/mol. The Hall–Kier alpha value is -1.89. The Bertz CT molecular complexity index is 801. The number of furan rings is 1. The van der Waals surface area contributed by atoms with E-state index in [1.165, 1.54) is 0 Å². The number of hydrogen-bond acceptors (Lipinski definition) is 6. The van der Waals surface area contributed by atoms with E-state index in [1.54, 1.807) is 18.0 Å². The van der Waals surface area contributed by atoms with E-state index < -0.39 is 0 Å². The summed E-state index contributed by atoms with van der Waals surface area (Å²) in [5.74, 6) is 2.60. The molecular formula is C18H19N3O2S. The number of morpholine rings is 1. The van der Waals surface area contributed by atoms with Gasteiger partial charge in [0.2, 0.25) is 0 Å². The fraction of sp³-hybridized carbons (Fsp3) is 0.333. The Morgan fingerprint density at radius 1 is 1.04 bits per heavy atom. The largest absolute Gasteiger partial charge is 0.468 e. The molecule has 2 aromatic heterocycles. The van der Waals surface area contributed by atoms with E-state index in [2.05, 4.69) is 17.0 Å². The summed E-state index contributed by atoms with van der Waals surface area (Å²) in [4.78, 5) is 11.9. The van der Waals surface area contributed by atoms with Crippen LogP contribution in [-0.2, 0) is 17.0 Å². The molecule has 0 amide bonds. The molecule has 0 radical (unpaired) electrons. The maximum Gasteiger partial charge on any atom is 0.144 e. The number of nitrogens with zero attached hydrogens (tertiary/aromatic N) is 3. The smallest absolute Gasteiger partial charge is 0.144 e. The molecule has 0 N–H and O–H groups in total. The highest BCUT2D eigenvalue weighted by Crippen LogP contribution is 2.28. The molecule has 5 nitrogen and oxygen atoms in total. The van der Waals surface area contributed by atoms with Gasteiger partial charge in [-0.2, -0.15) is 0 Å². The molecule has 4 rings (SSSR count). The Balaban J connectivity index is 1.60. The quantitative estimate of drug-likeness (QED) is 0.524. The SMILES string of the molecule is c1coc(CSc2nc(CN3CCOCC3)nc3ccccc23)c1. The number of benzene rings is 1. The van der Waals surface area contributed by atoms with Crippen molar-refractivity contribution in [2.75, 3.05) is 26.3 Å². The molecule has 1 aliphatic rings. The third-order valence-electron chi connectivity index (χ3n) is 4.01. The van der Waals surface area contributed by atoms with Crippen LogP contribution in [0.25, 0.3) is 10.9 Å². The summed E-state index contributed by atoms with van der Waals surface area (Å²) in [6.45, 7) is 4.21. The summed E-state index contributed by atoms with van der Waals surface area (Å²) in [5.41, 5.74) is 0.998. The van der Waals surface area contributed by atoms with Crippen LogP contribution in [0.5, 0.6) is 0 Å². The van der Waals surface area contributed by atoms with Gasteiger partial charge in [-0.1, -0.05) is 30.0 Å². The molecule has 1 aromatic carbocycles. The van der Waals surface area contributed by atoms with Crippen LogP contribution in [0.1, 0.15) is 11.6 Å². The molecule has 0 aliphatic carbocycles. The van der Waals surface area contributed by atoms with Gasteiger partial charge in [0.1, 0.15) is 16.6 Å². The van der Waals surface area contributed by atoms with Crippen LogP contribution in [0.15, 0.2) is 52.1 Å². The van der Waals surface area contributed by atoms with Gasteiger partial charge < -0.3 is 9.15 Å². The highest BCUT2D eigenvalue weighted by Gasteiger charge is 2.14. The number of ether oxygens (including phenoxy) is 1. The average molecular weight is 341 g/mol. The standard InChI is InChI=1S/C18H19N3O2S/c1-2-6-16-15(5-1)18(24-13-14-4-3-9-23-14)20-17(19-16)12-21-7-10-22-11-8-21/h1-6,9H,7-8,10-13H2. The molecule has 1 fully saturated rings. The van der Waals surface area contributed by atoms with Crippen molar-refractivity contribution >= 4 is 22.7 Å². The maximum atomic E-state index is 5.43. The first-order chi connectivity index (χ1) is 11.9. The van der Waals surface area contributed by atoms with Crippen molar-refractivity contribution in [3.05, 3.63) is 54.2 Å². The average Bonchev–Trinajstić information content (AvgIpc) is 3.14. The van der Waals surface area contributed by atoms with Crippen molar-refractivity contribution in [1.82, 2.24) is 14.9 Å². The molecule has 1 saturated heterocycles. The van der Waals surface area contributed by atoms with Crippen molar-refractivity contribution in [2.45, 2.75) is 17.3 Å². The summed E-state index contributed by atoms with van der Waals surface area (Å²) in [7, 11) is 0. The first-order valence-electron chi connectivity index (χ1n) is 8.09. The lowest BCUT2D eigenvalue weighted by Gasteiger charge is -2.25. The minimum Gasteiger partial charge on any atom is -0.468 e. The number of thioether (sulfide) groups is 1. The van der Waals surface area contributed by atoms with Gasteiger partial charge in [0.05, 0.1) is 37.3 Å². The van der Waals surface area contributed by atoms with E-state index >= 15 is 0 Å². The molecule has 0 saturated carbocycles. The first kappa shape index (κ1) is 15.6. The lowest BCUT2D eigenvalue weighted by molar-refractivity contribution is 0.0330. The van der Waals surface area contributed by atoms with E-state index in [1.807, 2.05) is 24.3 Å². The van der Waals surface area contributed by atoms with Crippen LogP contribution < -0.4 is 0 Å².